The normalized spacial score (nSPS) is 11.9. The largest absolute Gasteiger partial charge is 0.309 e. The number of fused-ring (bicyclic) bond motifs is 10. The van der Waals surface area contributed by atoms with Gasteiger partial charge in [0, 0.05) is 26.3 Å². The van der Waals surface area contributed by atoms with E-state index in [4.69, 9.17) is 0 Å². The molecule has 0 bridgehead atoms. The van der Waals surface area contributed by atoms with Crippen molar-refractivity contribution >= 4 is 70.1 Å². The maximum Gasteiger partial charge on any atom is 0.0625 e. The minimum Gasteiger partial charge on any atom is -0.309 e. The lowest BCUT2D eigenvalue weighted by Crippen LogP contribution is -1.95. The number of para-hydroxylation sites is 1. The second kappa shape index (κ2) is 6.69. The van der Waals surface area contributed by atoms with Gasteiger partial charge in [0.25, 0.3) is 0 Å². The lowest BCUT2D eigenvalue weighted by Gasteiger charge is -2.14. The Labute approximate surface area is 193 Å². The zero-order valence-corrected chi connectivity index (χ0v) is 18.8. The third kappa shape index (κ3) is 2.39. The molecule has 0 amide bonds. The summed E-state index contributed by atoms with van der Waals surface area (Å²) in [6.45, 7) is 0. The second-order valence-corrected chi connectivity index (χ2v) is 9.22. The van der Waals surface area contributed by atoms with Gasteiger partial charge in [0.1, 0.15) is 0 Å². The molecule has 150 valence electrons. The molecule has 0 saturated heterocycles. The SMILES string of the molecule is Brc1ccc2c3ccc4c5ccccc5c5ccccc5c4c3n(-c3ccccc3)c2c1. The molecule has 1 heterocycles. The molecule has 0 aliphatic carbocycles. The second-order valence-electron chi connectivity index (χ2n) is 8.31. The summed E-state index contributed by atoms with van der Waals surface area (Å²) >= 11 is 3.71. The molecule has 0 aliphatic rings. The monoisotopic (exact) mass is 471 g/mol. The fourth-order valence-electron chi connectivity index (χ4n) is 5.31. The Morgan fingerprint density at radius 2 is 1.00 bits per heavy atom. The molecule has 1 nitrogen and oxygen atoms in total. The van der Waals surface area contributed by atoms with Gasteiger partial charge in [0.05, 0.1) is 11.0 Å². The standard InChI is InChI=1S/C30H18BrN/c31-19-14-15-24-27-17-16-26-23-12-5-4-10-21(23)22-11-6-7-13-25(22)29(26)30(27)32(28(24)18-19)20-8-2-1-3-9-20/h1-18H. The number of halogens is 1. The van der Waals surface area contributed by atoms with Gasteiger partial charge in [0.15, 0.2) is 0 Å². The summed E-state index contributed by atoms with van der Waals surface area (Å²) in [7, 11) is 0. The number of hydrogen-bond donors (Lipinski definition) is 0. The van der Waals surface area contributed by atoms with Crippen LogP contribution in [0.15, 0.2) is 114 Å². The van der Waals surface area contributed by atoms with Crippen molar-refractivity contribution in [3.63, 3.8) is 0 Å². The Bertz CT molecular complexity index is 1790. The molecule has 7 rings (SSSR count). The number of benzene rings is 6. The average Bonchev–Trinajstić information content (AvgIpc) is 3.18. The van der Waals surface area contributed by atoms with Crippen LogP contribution in [0.3, 0.4) is 0 Å². The highest BCUT2D eigenvalue weighted by atomic mass is 79.9. The van der Waals surface area contributed by atoms with Crippen LogP contribution in [0.25, 0.3) is 59.8 Å². The van der Waals surface area contributed by atoms with Gasteiger partial charge in [-0.3, -0.25) is 0 Å². The van der Waals surface area contributed by atoms with Crippen molar-refractivity contribution in [3.8, 4) is 5.69 Å². The predicted octanol–water partition coefficient (Wildman–Crippen LogP) is 9.01. The van der Waals surface area contributed by atoms with Crippen LogP contribution in [0.1, 0.15) is 0 Å². The van der Waals surface area contributed by atoms with E-state index < -0.39 is 0 Å². The van der Waals surface area contributed by atoms with E-state index in [0.717, 1.165) is 4.47 Å². The quantitative estimate of drug-likeness (QED) is 0.210. The van der Waals surface area contributed by atoms with E-state index >= 15 is 0 Å². The molecular weight excluding hydrogens is 454 g/mol. The lowest BCUT2D eigenvalue weighted by atomic mass is 9.93. The number of aromatic nitrogens is 1. The van der Waals surface area contributed by atoms with Gasteiger partial charge < -0.3 is 4.57 Å². The van der Waals surface area contributed by atoms with Crippen molar-refractivity contribution in [3.05, 3.63) is 114 Å². The summed E-state index contributed by atoms with van der Waals surface area (Å²) < 4.78 is 3.52. The topological polar surface area (TPSA) is 4.93 Å². The Kier molecular flexibility index (Phi) is 3.76. The smallest absolute Gasteiger partial charge is 0.0625 e. The maximum atomic E-state index is 3.71. The third-order valence-corrected chi connectivity index (χ3v) is 7.10. The van der Waals surface area contributed by atoms with Crippen molar-refractivity contribution in [1.29, 1.82) is 0 Å². The summed E-state index contributed by atoms with van der Waals surface area (Å²) in [4.78, 5) is 0. The van der Waals surface area contributed by atoms with Crippen molar-refractivity contribution in [1.82, 2.24) is 4.57 Å². The zero-order chi connectivity index (χ0) is 21.2. The molecule has 0 atom stereocenters. The summed E-state index contributed by atoms with van der Waals surface area (Å²) in [5.41, 5.74) is 3.66. The van der Waals surface area contributed by atoms with E-state index in [0.29, 0.717) is 0 Å². The zero-order valence-electron chi connectivity index (χ0n) is 17.2. The summed E-state index contributed by atoms with van der Waals surface area (Å²) in [6, 6.07) is 39.5. The first-order valence-electron chi connectivity index (χ1n) is 10.8. The summed E-state index contributed by atoms with van der Waals surface area (Å²) in [5.74, 6) is 0. The van der Waals surface area contributed by atoms with Gasteiger partial charge in [-0.1, -0.05) is 101 Å². The van der Waals surface area contributed by atoms with Crippen LogP contribution in [0.4, 0.5) is 0 Å². The maximum absolute atomic E-state index is 3.71. The number of rotatable bonds is 1. The minimum absolute atomic E-state index is 1.09. The summed E-state index contributed by atoms with van der Waals surface area (Å²) in [5, 5.41) is 10.4. The molecule has 6 aromatic carbocycles. The highest BCUT2D eigenvalue weighted by molar-refractivity contribution is 9.10. The Morgan fingerprint density at radius 1 is 0.469 bits per heavy atom. The minimum atomic E-state index is 1.09. The fraction of sp³-hybridized carbons (Fsp3) is 0. The highest BCUT2D eigenvalue weighted by Gasteiger charge is 2.18. The van der Waals surface area contributed by atoms with Crippen molar-refractivity contribution in [2.75, 3.05) is 0 Å². The van der Waals surface area contributed by atoms with E-state index in [1.165, 1.54) is 59.8 Å². The van der Waals surface area contributed by atoms with Crippen molar-refractivity contribution in [2.45, 2.75) is 0 Å². The van der Waals surface area contributed by atoms with Gasteiger partial charge in [0.2, 0.25) is 0 Å². The van der Waals surface area contributed by atoms with E-state index in [1.54, 1.807) is 0 Å². The van der Waals surface area contributed by atoms with E-state index in [1.807, 2.05) is 0 Å². The van der Waals surface area contributed by atoms with E-state index in [9.17, 15) is 0 Å². The van der Waals surface area contributed by atoms with Crippen molar-refractivity contribution < 1.29 is 0 Å². The summed E-state index contributed by atoms with van der Waals surface area (Å²) in [6.07, 6.45) is 0. The number of hydrogen-bond acceptors (Lipinski definition) is 0. The van der Waals surface area contributed by atoms with Crippen LogP contribution < -0.4 is 0 Å². The highest BCUT2D eigenvalue weighted by Crippen LogP contribution is 2.43. The molecule has 0 fully saturated rings. The van der Waals surface area contributed by atoms with Crippen LogP contribution in [0, 0.1) is 0 Å². The Morgan fingerprint density at radius 3 is 1.72 bits per heavy atom. The first-order valence-corrected chi connectivity index (χ1v) is 11.6. The first-order chi connectivity index (χ1) is 15.8. The molecular formula is C30H18BrN. The number of nitrogens with zero attached hydrogens (tertiary/aromatic N) is 1. The van der Waals surface area contributed by atoms with Crippen LogP contribution in [0.2, 0.25) is 0 Å². The van der Waals surface area contributed by atoms with Crippen LogP contribution in [-0.2, 0) is 0 Å². The van der Waals surface area contributed by atoms with Gasteiger partial charge >= 0.3 is 0 Å². The molecule has 0 saturated carbocycles. The predicted molar refractivity (Wildman–Crippen MR) is 141 cm³/mol. The molecule has 1 aromatic heterocycles. The average molecular weight is 472 g/mol. The molecule has 32 heavy (non-hydrogen) atoms. The van der Waals surface area contributed by atoms with Gasteiger partial charge in [-0.2, -0.15) is 0 Å². The lowest BCUT2D eigenvalue weighted by molar-refractivity contribution is 1.19. The van der Waals surface area contributed by atoms with Gasteiger partial charge in [-0.15, -0.1) is 0 Å². The Balaban J connectivity index is 1.86. The van der Waals surface area contributed by atoms with Crippen LogP contribution in [0.5, 0.6) is 0 Å². The molecule has 0 N–H and O–H groups in total. The molecule has 0 spiro atoms. The molecule has 2 heteroatoms. The molecule has 0 aliphatic heterocycles. The van der Waals surface area contributed by atoms with E-state index in [-0.39, 0.29) is 0 Å². The third-order valence-electron chi connectivity index (χ3n) is 6.61. The fourth-order valence-corrected chi connectivity index (χ4v) is 5.66. The van der Waals surface area contributed by atoms with Crippen molar-refractivity contribution in [2.24, 2.45) is 0 Å². The van der Waals surface area contributed by atoms with Crippen LogP contribution >= 0.6 is 15.9 Å². The van der Waals surface area contributed by atoms with Gasteiger partial charge in [-0.25, -0.2) is 0 Å². The molecule has 7 aromatic rings. The first kappa shape index (κ1) is 18.0. The molecule has 0 unspecified atom stereocenters. The van der Waals surface area contributed by atoms with E-state index in [2.05, 4.69) is 130 Å². The Hall–Kier alpha value is -3.62. The molecule has 0 radical (unpaired) electrons. The van der Waals surface area contributed by atoms with Gasteiger partial charge in [-0.05, 0) is 51.2 Å². The van der Waals surface area contributed by atoms with Crippen LogP contribution in [-0.4, -0.2) is 4.57 Å².